The van der Waals surface area contributed by atoms with E-state index in [-0.39, 0.29) is 11.9 Å². The molecule has 0 bridgehead atoms. The molecule has 128 valence electrons. The summed E-state index contributed by atoms with van der Waals surface area (Å²) >= 11 is 0. The lowest BCUT2D eigenvalue weighted by atomic mass is 10.1. The van der Waals surface area contributed by atoms with Crippen LogP contribution in [0.25, 0.3) is 11.0 Å². The van der Waals surface area contributed by atoms with E-state index in [1.165, 1.54) is 0 Å². The molecule has 6 nitrogen and oxygen atoms in total. The zero-order valence-electron chi connectivity index (χ0n) is 14.0. The van der Waals surface area contributed by atoms with Crippen molar-refractivity contribution in [3.05, 3.63) is 54.4 Å². The molecule has 0 spiro atoms. The zero-order valence-corrected chi connectivity index (χ0v) is 14.0. The third-order valence-electron chi connectivity index (χ3n) is 4.59. The molecule has 2 aromatic carbocycles. The fraction of sp³-hybridized carbons (Fsp3) is 0.263. The molecular formula is C19H20N4O2. The first kappa shape index (κ1) is 15.5. The minimum absolute atomic E-state index is 0.0634. The topological polar surface area (TPSA) is 70.2 Å². The van der Waals surface area contributed by atoms with Gasteiger partial charge in [-0.3, -0.25) is 0 Å². The molecule has 1 aromatic heterocycles. The van der Waals surface area contributed by atoms with Crippen molar-refractivity contribution in [3.8, 4) is 5.75 Å². The lowest BCUT2D eigenvalue weighted by Gasteiger charge is -2.17. The van der Waals surface area contributed by atoms with Gasteiger partial charge in [-0.15, -0.1) is 0 Å². The van der Waals surface area contributed by atoms with Gasteiger partial charge in [-0.2, -0.15) is 0 Å². The number of imidazole rings is 1. The van der Waals surface area contributed by atoms with Crippen molar-refractivity contribution >= 4 is 22.8 Å². The van der Waals surface area contributed by atoms with E-state index < -0.39 is 0 Å². The van der Waals surface area contributed by atoms with Gasteiger partial charge in [0.05, 0.1) is 18.1 Å². The molecule has 1 fully saturated rings. The Morgan fingerprint density at radius 2 is 2.12 bits per heavy atom. The molecule has 1 unspecified atom stereocenters. The highest BCUT2D eigenvalue weighted by molar-refractivity contribution is 5.89. The van der Waals surface area contributed by atoms with Crippen LogP contribution in [0, 0.1) is 0 Å². The molecule has 1 saturated heterocycles. The molecule has 2 amide bonds. The number of hydrogen-bond acceptors (Lipinski definition) is 3. The summed E-state index contributed by atoms with van der Waals surface area (Å²) in [7, 11) is 1.65. The number of urea groups is 1. The smallest absolute Gasteiger partial charge is 0.321 e. The number of rotatable bonds is 3. The molecule has 2 N–H and O–H groups in total. The van der Waals surface area contributed by atoms with Gasteiger partial charge in [-0.1, -0.05) is 18.2 Å². The molecule has 1 aliphatic rings. The largest absolute Gasteiger partial charge is 0.497 e. The van der Waals surface area contributed by atoms with Gasteiger partial charge in [0.15, 0.2) is 0 Å². The van der Waals surface area contributed by atoms with Gasteiger partial charge in [0.2, 0.25) is 0 Å². The molecule has 0 radical (unpaired) electrons. The predicted octanol–water partition coefficient (Wildman–Crippen LogP) is 3.59. The Morgan fingerprint density at radius 1 is 1.28 bits per heavy atom. The average molecular weight is 336 g/mol. The van der Waals surface area contributed by atoms with Crippen LogP contribution in [-0.4, -0.2) is 41.1 Å². The number of aromatic amines is 1. The number of nitrogens with zero attached hydrogens (tertiary/aromatic N) is 2. The summed E-state index contributed by atoms with van der Waals surface area (Å²) in [5.41, 5.74) is 2.69. The number of likely N-dealkylation sites (tertiary alicyclic amines) is 1. The van der Waals surface area contributed by atoms with Crippen molar-refractivity contribution in [1.29, 1.82) is 0 Å². The second-order valence-electron chi connectivity index (χ2n) is 6.23. The number of nitrogens with one attached hydrogen (secondary N) is 2. The summed E-state index contributed by atoms with van der Waals surface area (Å²) in [5.74, 6) is 1.95. The van der Waals surface area contributed by atoms with Crippen LogP contribution in [0.5, 0.6) is 5.75 Å². The molecule has 0 aliphatic carbocycles. The molecule has 4 rings (SSSR count). The Hall–Kier alpha value is -3.02. The number of aromatic nitrogens is 2. The van der Waals surface area contributed by atoms with Gasteiger partial charge in [0.25, 0.3) is 0 Å². The van der Waals surface area contributed by atoms with E-state index in [0.29, 0.717) is 6.54 Å². The predicted molar refractivity (Wildman–Crippen MR) is 97.0 cm³/mol. The zero-order chi connectivity index (χ0) is 17.2. The SMILES string of the molecule is COc1ccc2nc(C3CCN(C(=O)Nc4ccccc4)C3)[nH]c2c1. The summed E-state index contributed by atoms with van der Waals surface area (Å²) in [6, 6.07) is 15.3. The molecule has 0 saturated carbocycles. The number of para-hydroxylation sites is 1. The van der Waals surface area contributed by atoms with Crippen LogP contribution in [-0.2, 0) is 0 Å². The maximum atomic E-state index is 12.4. The number of hydrogen-bond donors (Lipinski definition) is 2. The van der Waals surface area contributed by atoms with Crippen molar-refractivity contribution in [1.82, 2.24) is 14.9 Å². The van der Waals surface area contributed by atoms with E-state index in [0.717, 1.165) is 41.3 Å². The van der Waals surface area contributed by atoms with Crippen LogP contribution in [0.2, 0.25) is 0 Å². The van der Waals surface area contributed by atoms with E-state index in [4.69, 9.17) is 4.74 Å². The first-order valence-electron chi connectivity index (χ1n) is 8.37. The van der Waals surface area contributed by atoms with Gasteiger partial charge >= 0.3 is 6.03 Å². The Morgan fingerprint density at radius 3 is 2.92 bits per heavy atom. The van der Waals surface area contributed by atoms with Gasteiger partial charge in [0.1, 0.15) is 11.6 Å². The standard InChI is InChI=1S/C19H20N4O2/c1-25-15-7-8-16-17(11-15)22-18(21-16)13-9-10-23(12-13)19(24)20-14-5-3-2-4-6-14/h2-8,11,13H,9-10,12H2,1H3,(H,20,24)(H,21,22). The minimum atomic E-state index is -0.0634. The van der Waals surface area contributed by atoms with Crippen molar-refractivity contribution in [2.75, 3.05) is 25.5 Å². The summed E-state index contributed by atoms with van der Waals surface area (Å²) in [6.07, 6.45) is 0.902. The molecular weight excluding hydrogens is 316 g/mol. The minimum Gasteiger partial charge on any atom is -0.497 e. The second-order valence-corrected chi connectivity index (χ2v) is 6.23. The first-order valence-corrected chi connectivity index (χ1v) is 8.37. The normalized spacial score (nSPS) is 17.0. The molecule has 1 atom stereocenters. The lowest BCUT2D eigenvalue weighted by Crippen LogP contribution is -2.32. The molecule has 6 heteroatoms. The second kappa shape index (κ2) is 6.47. The van der Waals surface area contributed by atoms with E-state index in [1.807, 2.05) is 53.4 Å². The number of methoxy groups -OCH3 is 1. The van der Waals surface area contributed by atoms with Crippen LogP contribution < -0.4 is 10.1 Å². The van der Waals surface area contributed by atoms with Crippen LogP contribution in [0.3, 0.4) is 0 Å². The van der Waals surface area contributed by atoms with E-state index >= 15 is 0 Å². The van der Waals surface area contributed by atoms with Crippen molar-refractivity contribution in [2.24, 2.45) is 0 Å². The molecule has 2 heterocycles. The van der Waals surface area contributed by atoms with Crippen LogP contribution in [0.1, 0.15) is 18.2 Å². The lowest BCUT2D eigenvalue weighted by molar-refractivity contribution is 0.222. The number of carbonyl (C=O) groups excluding carboxylic acids is 1. The summed E-state index contributed by atoms with van der Waals surface area (Å²) in [6.45, 7) is 1.39. The maximum Gasteiger partial charge on any atom is 0.321 e. The Kier molecular flexibility index (Phi) is 4.01. The Labute approximate surface area is 145 Å². The number of fused-ring (bicyclic) bond motifs is 1. The number of amides is 2. The Balaban J connectivity index is 1.46. The first-order chi connectivity index (χ1) is 12.2. The fourth-order valence-electron chi connectivity index (χ4n) is 3.22. The highest BCUT2D eigenvalue weighted by Gasteiger charge is 2.29. The quantitative estimate of drug-likeness (QED) is 0.768. The third kappa shape index (κ3) is 3.15. The highest BCUT2D eigenvalue weighted by Crippen LogP contribution is 2.28. The van der Waals surface area contributed by atoms with Crippen molar-refractivity contribution < 1.29 is 9.53 Å². The van der Waals surface area contributed by atoms with Crippen LogP contribution >= 0.6 is 0 Å². The number of anilines is 1. The molecule has 1 aliphatic heterocycles. The number of benzene rings is 2. The highest BCUT2D eigenvalue weighted by atomic mass is 16.5. The van der Waals surface area contributed by atoms with Gasteiger partial charge in [-0.05, 0) is 30.7 Å². The van der Waals surface area contributed by atoms with Crippen LogP contribution in [0.15, 0.2) is 48.5 Å². The van der Waals surface area contributed by atoms with Crippen molar-refractivity contribution in [2.45, 2.75) is 12.3 Å². The monoisotopic (exact) mass is 336 g/mol. The van der Waals surface area contributed by atoms with Gasteiger partial charge < -0.3 is 19.9 Å². The van der Waals surface area contributed by atoms with Gasteiger partial charge in [0, 0.05) is 30.8 Å². The van der Waals surface area contributed by atoms with Gasteiger partial charge in [-0.25, -0.2) is 9.78 Å². The third-order valence-corrected chi connectivity index (χ3v) is 4.59. The fourth-order valence-corrected chi connectivity index (χ4v) is 3.22. The summed E-state index contributed by atoms with van der Waals surface area (Å²) in [5, 5.41) is 2.94. The van der Waals surface area contributed by atoms with E-state index in [9.17, 15) is 4.79 Å². The average Bonchev–Trinajstić information content (AvgIpc) is 3.28. The molecule has 3 aromatic rings. The summed E-state index contributed by atoms with van der Waals surface area (Å²) in [4.78, 5) is 22.3. The molecule has 25 heavy (non-hydrogen) atoms. The van der Waals surface area contributed by atoms with E-state index in [2.05, 4.69) is 15.3 Å². The summed E-state index contributed by atoms with van der Waals surface area (Å²) < 4.78 is 5.25. The Bertz CT molecular complexity index is 891. The maximum absolute atomic E-state index is 12.4. The van der Waals surface area contributed by atoms with Crippen molar-refractivity contribution in [3.63, 3.8) is 0 Å². The number of ether oxygens (including phenoxy) is 1. The van der Waals surface area contributed by atoms with Crippen LogP contribution in [0.4, 0.5) is 10.5 Å². The van der Waals surface area contributed by atoms with E-state index in [1.54, 1.807) is 7.11 Å². The number of carbonyl (C=O) groups is 1. The number of H-pyrrole nitrogens is 1.